The van der Waals surface area contributed by atoms with Gasteiger partial charge in [-0.2, -0.15) is 0 Å². The van der Waals surface area contributed by atoms with Gasteiger partial charge in [-0.15, -0.1) is 0 Å². The third-order valence-electron chi connectivity index (χ3n) is 9.40. The van der Waals surface area contributed by atoms with Gasteiger partial charge in [0.1, 0.15) is 34.2 Å². The van der Waals surface area contributed by atoms with E-state index in [2.05, 4.69) is 10.6 Å². The number of ether oxygens (including phenoxy) is 4. The fourth-order valence-corrected chi connectivity index (χ4v) is 7.04. The Morgan fingerprint density at radius 2 is 0.673 bits per heavy atom. The molecule has 0 fully saturated rings. The summed E-state index contributed by atoms with van der Waals surface area (Å²) in [6, 6.07) is 25.6. The Morgan fingerprint density at radius 1 is 0.462 bits per heavy atom. The number of hydrogen-bond acceptors (Lipinski definition) is 8. The summed E-state index contributed by atoms with van der Waals surface area (Å²) in [5, 5.41) is 31.9. The maximum Gasteiger partial charge on any atom is 0.309 e. The molecule has 0 radical (unpaired) electrons. The highest BCUT2D eigenvalue weighted by Crippen LogP contribution is 2.48. The van der Waals surface area contributed by atoms with Crippen molar-refractivity contribution < 1.29 is 38.7 Å². The minimum absolute atomic E-state index is 0.358. The largest absolute Gasteiger partial charge is 0.496 e. The van der Waals surface area contributed by atoms with Crippen LogP contribution in [0, 0.1) is 10.8 Å². The zero-order valence-corrected chi connectivity index (χ0v) is 31.7. The van der Waals surface area contributed by atoms with Crippen LogP contribution in [-0.4, -0.2) is 62.6 Å². The van der Waals surface area contributed by atoms with Crippen molar-refractivity contribution in [2.75, 3.05) is 28.4 Å². The number of hydrogen-bond donors (Lipinski definition) is 4. The molecule has 0 aromatic heterocycles. The summed E-state index contributed by atoms with van der Waals surface area (Å²) in [6.45, 7) is 11.1. The fraction of sp³-hybridized carbons (Fsp3) is 0.381. The van der Waals surface area contributed by atoms with Gasteiger partial charge in [0.2, 0.25) is 0 Å². The number of benzene rings is 4. The molecule has 0 saturated carbocycles. The lowest BCUT2D eigenvalue weighted by molar-refractivity contribution is -0.144. The summed E-state index contributed by atoms with van der Waals surface area (Å²) in [4.78, 5) is 28.6. The standard InChI is InChI=1S/C42H52N2O8/c1-39(2,3)37(41(47,27-19-11-15-23-31(27)49-7)28-20-12-16-24-32(28)50-8)43-35(45)36(46)44-38(40(4,5)6)42(48,29-21-13-17-25-33(29)51-9)30-22-14-18-26-34(30)52-10/h11-26,37-38,47-48H,1-10H3,(H,43,45)(H,44,46)/t37-,38-/m1/s1. The first-order chi connectivity index (χ1) is 24.5. The molecular formula is C42H52N2O8. The maximum atomic E-state index is 14.3. The highest BCUT2D eigenvalue weighted by Gasteiger charge is 2.53. The van der Waals surface area contributed by atoms with Crippen LogP contribution in [0.4, 0.5) is 0 Å². The summed E-state index contributed by atoms with van der Waals surface area (Å²) >= 11 is 0. The Bertz CT molecular complexity index is 1630. The van der Waals surface area contributed by atoms with Gasteiger partial charge in [0.15, 0.2) is 0 Å². The average Bonchev–Trinajstić information content (AvgIpc) is 3.14. The first-order valence-electron chi connectivity index (χ1n) is 17.1. The second kappa shape index (κ2) is 15.7. The van der Waals surface area contributed by atoms with Gasteiger partial charge in [-0.25, -0.2) is 0 Å². The molecular weight excluding hydrogens is 660 g/mol. The van der Waals surface area contributed by atoms with Crippen molar-refractivity contribution in [2.24, 2.45) is 10.8 Å². The van der Waals surface area contributed by atoms with Crippen molar-refractivity contribution in [3.63, 3.8) is 0 Å². The molecule has 2 amide bonds. The van der Waals surface area contributed by atoms with Gasteiger partial charge in [-0.1, -0.05) is 114 Å². The summed E-state index contributed by atoms with van der Waals surface area (Å²) < 4.78 is 22.8. The lowest BCUT2D eigenvalue weighted by Crippen LogP contribution is -2.63. The van der Waals surface area contributed by atoms with Crippen molar-refractivity contribution in [3.05, 3.63) is 119 Å². The molecule has 278 valence electrons. The molecule has 4 aromatic rings. The summed E-state index contributed by atoms with van der Waals surface area (Å²) in [6.07, 6.45) is 0. The second-order valence-corrected chi connectivity index (χ2v) is 14.9. The van der Waals surface area contributed by atoms with Gasteiger partial charge in [0.05, 0.1) is 40.5 Å². The number of carbonyl (C=O) groups is 2. The Hall–Kier alpha value is -5.06. The van der Waals surface area contributed by atoms with Crippen LogP contribution in [-0.2, 0) is 20.8 Å². The first-order valence-corrected chi connectivity index (χ1v) is 17.1. The molecule has 4 rings (SSSR count). The monoisotopic (exact) mass is 712 g/mol. The molecule has 0 aliphatic carbocycles. The Balaban J connectivity index is 1.88. The Kier molecular flexibility index (Phi) is 12.0. The van der Waals surface area contributed by atoms with Gasteiger partial charge < -0.3 is 39.8 Å². The van der Waals surface area contributed by atoms with E-state index in [0.29, 0.717) is 45.3 Å². The van der Waals surface area contributed by atoms with E-state index in [0.717, 1.165) is 0 Å². The molecule has 0 unspecified atom stereocenters. The lowest BCUT2D eigenvalue weighted by atomic mass is 9.69. The maximum absolute atomic E-state index is 14.3. The van der Waals surface area contributed by atoms with Crippen LogP contribution in [0.3, 0.4) is 0 Å². The lowest BCUT2D eigenvalue weighted by Gasteiger charge is -2.46. The molecule has 0 spiro atoms. The normalized spacial score (nSPS) is 13.4. The van der Waals surface area contributed by atoms with E-state index >= 15 is 0 Å². The second-order valence-electron chi connectivity index (χ2n) is 14.9. The molecule has 10 nitrogen and oxygen atoms in total. The van der Waals surface area contributed by atoms with E-state index in [-0.39, 0.29) is 0 Å². The highest BCUT2D eigenvalue weighted by molar-refractivity contribution is 6.35. The zero-order valence-electron chi connectivity index (χ0n) is 31.7. The van der Waals surface area contributed by atoms with Crippen molar-refractivity contribution in [3.8, 4) is 23.0 Å². The quantitative estimate of drug-likeness (QED) is 0.132. The number of methoxy groups -OCH3 is 4. The zero-order chi connectivity index (χ0) is 38.5. The molecule has 0 aliphatic heterocycles. The molecule has 4 aromatic carbocycles. The van der Waals surface area contributed by atoms with E-state index in [4.69, 9.17) is 18.9 Å². The van der Waals surface area contributed by atoms with Crippen molar-refractivity contribution in [1.29, 1.82) is 0 Å². The number of amides is 2. The summed E-state index contributed by atoms with van der Waals surface area (Å²) in [5.74, 6) is -0.573. The number of rotatable bonds is 12. The van der Waals surface area contributed by atoms with E-state index in [1.165, 1.54) is 28.4 Å². The predicted molar refractivity (Wildman–Crippen MR) is 201 cm³/mol. The topological polar surface area (TPSA) is 136 Å². The van der Waals surface area contributed by atoms with Gasteiger partial charge in [-0.05, 0) is 35.1 Å². The Labute approximate surface area is 307 Å². The molecule has 0 bridgehead atoms. The molecule has 0 saturated heterocycles. The highest BCUT2D eigenvalue weighted by atomic mass is 16.5. The van der Waals surface area contributed by atoms with Crippen LogP contribution in [0.15, 0.2) is 97.1 Å². The fourth-order valence-electron chi connectivity index (χ4n) is 7.04. The summed E-state index contributed by atoms with van der Waals surface area (Å²) in [5.41, 5.74) is -4.21. The molecule has 0 heterocycles. The average molecular weight is 713 g/mol. The minimum Gasteiger partial charge on any atom is -0.496 e. The molecule has 10 heteroatoms. The molecule has 52 heavy (non-hydrogen) atoms. The SMILES string of the molecule is COc1ccccc1C(O)(c1ccccc1OC)[C@H](NC(=O)C(=O)N[C@H](C(C)(C)C)C(O)(c1ccccc1OC)c1ccccc1OC)C(C)(C)C. The van der Waals surface area contributed by atoms with Crippen LogP contribution in [0.25, 0.3) is 0 Å². The van der Waals surface area contributed by atoms with E-state index in [1.807, 2.05) is 41.5 Å². The van der Waals surface area contributed by atoms with Crippen LogP contribution < -0.4 is 29.6 Å². The van der Waals surface area contributed by atoms with E-state index in [1.54, 1.807) is 97.1 Å². The number of nitrogens with one attached hydrogen (secondary N) is 2. The third kappa shape index (κ3) is 7.59. The van der Waals surface area contributed by atoms with Gasteiger partial charge in [-0.3, -0.25) is 9.59 Å². The number of aliphatic hydroxyl groups is 2. The van der Waals surface area contributed by atoms with Gasteiger partial charge in [0.25, 0.3) is 0 Å². The molecule has 4 N–H and O–H groups in total. The molecule has 2 atom stereocenters. The van der Waals surface area contributed by atoms with Crippen LogP contribution >= 0.6 is 0 Å². The predicted octanol–water partition coefficient (Wildman–Crippen LogP) is 5.95. The van der Waals surface area contributed by atoms with Gasteiger partial charge in [0, 0.05) is 22.3 Å². The van der Waals surface area contributed by atoms with Crippen LogP contribution in [0.1, 0.15) is 63.8 Å². The van der Waals surface area contributed by atoms with E-state index < -0.39 is 45.9 Å². The van der Waals surface area contributed by atoms with Gasteiger partial charge >= 0.3 is 11.8 Å². The Morgan fingerprint density at radius 3 is 0.865 bits per heavy atom. The van der Waals surface area contributed by atoms with Crippen molar-refractivity contribution in [1.82, 2.24) is 10.6 Å². The number of carbonyl (C=O) groups excluding carboxylic acids is 2. The van der Waals surface area contributed by atoms with E-state index in [9.17, 15) is 19.8 Å². The number of para-hydroxylation sites is 4. The third-order valence-corrected chi connectivity index (χ3v) is 9.40. The first kappa shape index (κ1) is 39.7. The van der Waals surface area contributed by atoms with Crippen molar-refractivity contribution >= 4 is 11.8 Å². The smallest absolute Gasteiger partial charge is 0.309 e. The summed E-state index contributed by atoms with van der Waals surface area (Å²) in [7, 11) is 5.99. The van der Waals surface area contributed by atoms with Crippen LogP contribution in [0.2, 0.25) is 0 Å². The molecule has 0 aliphatic rings. The van der Waals surface area contributed by atoms with Crippen molar-refractivity contribution in [2.45, 2.75) is 64.8 Å². The minimum atomic E-state index is -1.97. The van der Waals surface area contributed by atoms with Crippen LogP contribution in [0.5, 0.6) is 23.0 Å².